The quantitative estimate of drug-likeness (QED) is 0.514. The van der Waals surface area contributed by atoms with Gasteiger partial charge in [-0.3, -0.25) is 0 Å². The molecule has 0 unspecified atom stereocenters. The van der Waals surface area contributed by atoms with E-state index in [4.69, 9.17) is 10.8 Å². The lowest BCUT2D eigenvalue weighted by molar-refractivity contribution is -0.108. The van der Waals surface area contributed by atoms with E-state index in [1.807, 2.05) is 0 Å². The lowest BCUT2D eigenvalue weighted by Gasteiger charge is -2.11. The molecule has 2 atom stereocenters. The highest BCUT2D eigenvalue weighted by Crippen LogP contribution is 1.96. The third-order valence-corrected chi connectivity index (χ3v) is 1.24. The molecule has 0 aliphatic carbocycles. The second-order valence-electron chi connectivity index (χ2n) is 2.15. The van der Waals surface area contributed by atoms with E-state index >= 15 is 0 Å². The number of aldehydes is 1. The van der Waals surface area contributed by atoms with Crippen LogP contribution < -0.4 is 5.73 Å². The minimum atomic E-state index is -0.509. The standard InChI is InChI=1S/C6H13NO2/c1-5(9)6(7)3-2-4-8/h4-6,9H,2-3,7H2,1H3/t5-,6+/m0/s1. The van der Waals surface area contributed by atoms with Crippen LogP contribution in [0.3, 0.4) is 0 Å². The average molecular weight is 131 g/mol. The van der Waals surface area contributed by atoms with Crippen LogP contribution in [0.2, 0.25) is 0 Å². The molecular formula is C6H13NO2. The number of carbonyl (C=O) groups is 1. The van der Waals surface area contributed by atoms with Gasteiger partial charge in [0.05, 0.1) is 6.10 Å². The van der Waals surface area contributed by atoms with Gasteiger partial charge >= 0.3 is 0 Å². The summed E-state index contributed by atoms with van der Waals surface area (Å²) in [5, 5.41) is 8.81. The summed E-state index contributed by atoms with van der Waals surface area (Å²) >= 11 is 0. The SMILES string of the molecule is C[C@H](O)[C@H](N)CCC=O. The number of carbonyl (C=O) groups excluding carboxylic acids is 1. The van der Waals surface area contributed by atoms with E-state index in [0.29, 0.717) is 12.8 Å². The van der Waals surface area contributed by atoms with Crippen molar-refractivity contribution >= 4 is 6.29 Å². The van der Waals surface area contributed by atoms with Gasteiger partial charge in [0.2, 0.25) is 0 Å². The Morgan fingerprint density at radius 3 is 2.67 bits per heavy atom. The fourth-order valence-electron chi connectivity index (χ4n) is 0.502. The van der Waals surface area contributed by atoms with Gasteiger partial charge in [0, 0.05) is 12.5 Å². The Morgan fingerprint density at radius 1 is 1.78 bits per heavy atom. The molecule has 54 valence electrons. The predicted octanol–water partition coefficient (Wildman–Crippen LogP) is -0.326. The number of aliphatic hydroxyl groups is 1. The van der Waals surface area contributed by atoms with Crippen LogP contribution in [0.4, 0.5) is 0 Å². The molecule has 0 aromatic carbocycles. The minimum Gasteiger partial charge on any atom is -0.392 e. The monoisotopic (exact) mass is 131 g/mol. The summed E-state index contributed by atoms with van der Waals surface area (Å²) < 4.78 is 0. The molecule has 0 spiro atoms. The summed E-state index contributed by atoms with van der Waals surface area (Å²) in [6.45, 7) is 1.62. The molecule has 3 heteroatoms. The maximum Gasteiger partial charge on any atom is 0.120 e. The first-order valence-corrected chi connectivity index (χ1v) is 3.05. The number of hydrogen-bond acceptors (Lipinski definition) is 3. The molecule has 3 nitrogen and oxygen atoms in total. The van der Waals surface area contributed by atoms with Crippen LogP contribution in [-0.2, 0) is 4.79 Å². The zero-order valence-corrected chi connectivity index (χ0v) is 5.58. The van der Waals surface area contributed by atoms with Gasteiger partial charge in [-0.15, -0.1) is 0 Å². The lowest BCUT2D eigenvalue weighted by atomic mass is 10.1. The number of hydrogen-bond donors (Lipinski definition) is 2. The molecule has 0 fully saturated rings. The maximum absolute atomic E-state index is 9.79. The third-order valence-electron chi connectivity index (χ3n) is 1.24. The van der Waals surface area contributed by atoms with Gasteiger partial charge in [-0.1, -0.05) is 0 Å². The van der Waals surface area contributed by atoms with Crippen LogP contribution in [0, 0.1) is 0 Å². The highest BCUT2D eigenvalue weighted by Gasteiger charge is 2.06. The Bertz CT molecular complexity index is 83.1. The van der Waals surface area contributed by atoms with Gasteiger partial charge in [0.1, 0.15) is 6.29 Å². The highest BCUT2D eigenvalue weighted by molar-refractivity contribution is 5.49. The first kappa shape index (κ1) is 8.59. The first-order chi connectivity index (χ1) is 4.18. The van der Waals surface area contributed by atoms with E-state index in [9.17, 15) is 4.79 Å². The fraction of sp³-hybridized carbons (Fsp3) is 0.833. The molecular weight excluding hydrogens is 118 g/mol. The van der Waals surface area contributed by atoms with Crippen molar-refractivity contribution < 1.29 is 9.90 Å². The molecule has 0 aromatic rings. The normalized spacial score (nSPS) is 16.8. The molecule has 0 aliphatic heterocycles. The van der Waals surface area contributed by atoms with Crippen molar-refractivity contribution in [2.45, 2.75) is 31.9 Å². The van der Waals surface area contributed by atoms with E-state index in [-0.39, 0.29) is 6.04 Å². The number of aliphatic hydroxyl groups excluding tert-OH is 1. The molecule has 9 heavy (non-hydrogen) atoms. The van der Waals surface area contributed by atoms with Crippen LogP contribution >= 0.6 is 0 Å². The van der Waals surface area contributed by atoms with Crippen molar-refractivity contribution in [2.75, 3.05) is 0 Å². The summed E-state index contributed by atoms with van der Waals surface area (Å²) in [4.78, 5) is 9.79. The van der Waals surface area contributed by atoms with Gasteiger partial charge in [0.15, 0.2) is 0 Å². The van der Waals surface area contributed by atoms with Crippen LogP contribution in [0.5, 0.6) is 0 Å². The molecule has 0 saturated heterocycles. The van der Waals surface area contributed by atoms with Crippen LogP contribution in [0.15, 0.2) is 0 Å². The van der Waals surface area contributed by atoms with Gasteiger partial charge in [0.25, 0.3) is 0 Å². The van der Waals surface area contributed by atoms with E-state index in [1.165, 1.54) is 0 Å². The van der Waals surface area contributed by atoms with Gasteiger partial charge in [-0.25, -0.2) is 0 Å². The summed E-state index contributed by atoms with van der Waals surface area (Å²) in [6, 6.07) is -0.254. The minimum absolute atomic E-state index is 0.254. The summed E-state index contributed by atoms with van der Waals surface area (Å²) in [6.07, 6.45) is 1.31. The maximum atomic E-state index is 9.79. The second-order valence-corrected chi connectivity index (χ2v) is 2.15. The van der Waals surface area contributed by atoms with E-state index in [0.717, 1.165) is 6.29 Å². The molecule has 0 radical (unpaired) electrons. The van der Waals surface area contributed by atoms with E-state index in [2.05, 4.69) is 0 Å². The van der Waals surface area contributed by atoms with Crippen LogP contribution in [0.25, 0.3) is 0 Å². The predicted molar refractivity (Wildman–Crippen MR) is 35.0 cm³/mol. The Kier molecular flexibility index (Phi) is 4.26. The summed E-state index contributed by atoms with van der Waals surface area (Å²) in [7, 11) is 0. The second kappa shape index (κ2) is 4.47. The van der Waals surface area contributed by atoms with Gasteiger partial charge in [-0.2, -0.15) is 0 Å². The smallest absolute Gasteiger partial charge is 0.120 e. The van der Waals surface area contributed by atoms with Crippen LogP contribution in [0.1, 0.15) is 19.8 Å². The topological polar surface area (TPSA) is 63.3 Å². The van der Waals surface area contributed by atoms with Crippen LogP contribution in [-0.4, -0.2) is 23.5 Å². The van der Waals surface area contributed by atoms with Gasteiger partial charge < -0.3 is 15.6 Å². The summed E-state index contributed by atoms with van der Waals surface area (Å²) in [5.74, 6) is 0. The zero-order chi connectivity index (χ0) is 7.28. The molecule has 3 N–H and O–H groups in total. The molecule has 0 saturated carbocycles. The molecule has 0 aromatic heterocycles. The lowest BCUT2D eigenvalue weighted by Crippen LogP contribution is -2.32. The van der Waals surface area contributed by atoms with E-state index in [1.54, 1.807) is 6.92 Å². The van der Waals surface area contributed by atoms with Crippen molar-refractivity contribution in [3.8, 4) is 0 Å². The van der Waals surface area contributed by atoms with Crippen molar-refractivity contribution in [2.24, 2.45) is 5.73 Å². The molecule has 0 bridgehead atoms. The van der Waals surface area contributed by atoms with Gasteiger partial charge in [-0.05, 0) is 13.3 Å². The summed E-state index contributed by atoms with van der Waals surface area (Å²) in [5.41, 5.74) is 5.39. The van der Waals surface area contributed by atoms with Crippen molar-refractivity contribution in [3.63, 3.8) is 0 Å². The highest BCUT2D eigenvalue weighted by atomic mass is 16.3. The Morgan fingerprint density at radius 2 is 2.33 bits per heavy atom. The van der Waals surface area contributed by atoms with E-state index < -0.39 is 6.10 Å². The molecule has 0 heterocycles. The Labute approximate surface area is 54.9 Å². The van der Waals surface area contributed by atoms with Crippen molar-refractivity contribution in [1.82, 2.24) is 0 Å². The largest absolute Gasteiger partial charge is 0.392 e. The Hall–Kier alpha value is -0.410. The molecule has 0 rings (SSSR count). The molecule has 0 amide bonds. The molecule has 0 aliphatic rings. The van der Waals surface area contributed by atoms with Crippen molar-refractivity contribution in [3.05, 3.63) is 0 Å². The Balaban J connectivity index is 3.26. The fourth-order valence-corrected chi connectivity index (χ4v) is 0.502. The average Bonchev–Trinajstić information content (AvgIpc) is 1.82. The number of rotatable bonds is 4. The third kappa shape index (κ3) is 4.12. The zero-order valence-electron chi connectivity index (χ0n) is 5.58. The van der Waals surface area contributed by atoms with Crippen molar-refractivity contribution in [1.29, 1.82) is 0 Å². The number of nitrogens with two attached hydrogens (primary N) is 1. The first-order valence-electron chi connectivity index (χ1n) is 3.05.